The summed E-state index contributed by atoms with van der Waals surface area (Å²) in [6, 6.07) is 20.9. The van der Waals surface area contributed by atoms with E-state index < -0.39 is 15.9 Å². The Morgan fingerprint density at radius 2 is 1.50 bits per heavy atom. The molecule has 1 atom stereocenters. The third kappa shape index (κ3) is 5.29. The number of aryl methyl sites for hydroxylation is 2. The molecule has 3 rings (SSSR count). The van der Waals surface area contributed by atoms with Crippen molar-refractivity contribution < 1.29 is 17.9 Å². The van der Waals surface area contributed by atoms with Crippen molar-refractivity contribution >= 4 is 21.6 Å². The van der Waals surface area contributed by atoms with Crippen molar-refractivity contribution in [1.82, 2.24) is 5.32 Å². The Morgan fingerprint density at radius 1 is 0.938 bits per heavy atom. The van der Waals surface area contributed by atoms with Crippen molar-refractivity contribution in [2.75, 3.05) is 18.0 Å². The zero-order valence-corrected chi connectivity index (χ0v) is 19.5. The predicted molar refractivity (Wildman–Crippen MR) is 126 cm³/mol. The van der Waals surface area contributed by atoms with Crippen LogP contribution in [0.2, 0.25) is 0 Å². The second-order valence-corrected chi connectivity index (χ2v) is 9.56. The normalized spacial score (nSPS) is 12.1. The molecule has 0 saturated heterocycles. The second-order valence-electron chi connectivity index (χ2n) is 7.70. The molecule has 32 heavy (non-hydrogen) atoms. The van der Waals surface area contributed by atoms with E-state index in [1.54, 1.807) is 48.5 Å². The molecular weight excluding hydrogens is 424 g/mol. The van der Waals surface area contributed by atoms with Gasteiger partial charge in [0, 0.05) is 0 Å². The third-order valence-corrected chi connectivity index (χ3v) is 6.98. The van der Waals surface area contributed by atoms with Crippen molar-refractivity contribution in [2.45, 2.75) is 31.7 Å². The maximum atomic E-state index is 13.5. The van der Waals surface area contributed by atoms with Gasteiger partial charge in [0.25, 0.3) is 10.0 Å². The van der Waals surface area contributed by atoms with Gasteiger partial charge >= 0.3 is 0 Å². The minimum atomic E-state index is -4.01. The Kier molecular flexibility index (Phi) is 7.20. The van der Waals surface area contributed by atoms with Gasteiger partial charge in [-0.3, -0.25) is 9.10 Å². The molecule has 0 radical (unpaired) electrons. The Labute approximate surface area is 189 Å². The molecule has 0 aliphatic rings. The summed E-state index contributed by atoms with van der Waals surface area (Å²) >= 11 is 0. The number of sulfonamides is 1. The molecule has 0 fully saturated rings. The van der Waals surface area contributed by atoms with E-state index in [0.717, 1.165) is 21.0 Å². The fourth-order valence-corrected chi connectivity index (χ4v) is 4.76. The van der Waals surface area contributed by atoms with Gasteiger partial charge < -0.3 is 10.1 Å². The van der Waals surface area contributed by atoms with Crippen LogP contribution in [0.4, 0.5) is 5.69 Å². The lowest BCUT2D eigenvalue weighted by molar-refractivity contribution is -0.120. The van der Waals surface area contributed by atoms with Gasteiger partial charge in [0.1, 0.15) is 12.3 Å². The van der Waals surface area contributed by atoms with E-state index >= 15 is 0 Å². The molecule has 7 heteroatoms. The zero-order valence-electron chi connectivity index (χ0n) is 18.7. The van der Waals surface area contributed by atoms with Gasteiger partial charge in [-0.05, 0) is 50.6 Å². The van der Waals surface area contributed by atoms with Crippen molar-refractivity contribution in [2.24, 2.45) is 0 Å². The topological polar surface area (TPSA) is 75.7 Å². The number of methoxy groups -OCH3 is 1. The van der Waals surface area contributed by atoms with Gasteiger partial charge in [0.15, 0.2) is 0 Å². The van der Waals surface area contributed by atoms with Crippen LogP contribution in [0.1, 0.15) is 29.7 Å². The average molecular weight is 453 g/mol. The minimum absolute atomic E-state index is 0.105. The van der Waals surface area contributed by atoms with Crippen LogP contribution in [0.3, 0.4) is 0 Å². The van der Waals surface area contributed by atoms with Crippen LogP contribution in [0.25, 0.3) is 0 Å². The summed E-state index contributed by atoms with van der Waals surface area (Å²) in [5.41, 5.74) is 3.30. The second kappa shape index (κ2) is 9.87. The number of rotatable bonds is 8. The Bertz CT molecular complexity index is 1170. The van der Waals surface area contributed by atoms with E-state index in [0.29, 0.717) is 11.4 Å². The summed E-state index contributed by atoms with van der Waals surface area (Å²) in [4.78, 5) is 13.1. The van der Waals surface area contributed by atoms with E-state index in [1.807, 2.05) is 45.0 Å². The van der Waals surface area contributed by atoms with Crippen molar-refractivity contribution in [3.63, 3.8) is 0 Å². The molecule has 0 heterocycles. The molecule has 0 aliphatic heterocycles. The molecule has 0 bridgehead atoms. The fraction of sp³-hybridized carbons (Fsp3) is 0.240. The lowest BCUT2D eigenvalue weighted by Crippen LogP contribution is -2.41. The summed E-state index contributed by atoms with van der Waals surface area (Å²) in [7, 11) is -2.54. The van der Waals surface area contributed by atoms with Crippen LogP contribution in [-0.2, 0) is 14.8 Å². The molecule has 0 saturated carbocycles. The highest BCUT2D eigenvalue weighted by Crippen LogP contribution is 2.32. The quantitative estimate of drug-likeness (QED) is 0.550. The first-order valence-electron chi connectivity index (χ1n) is 10.3. The molecule has 0 aliphatic carbocycles. The molecule has 0 aromatic heterocycles. The number of benzene rings is 3. The van der Waals surface area contributed by atoms with E-state index in [2.05, 4.69) is 5.32 Å². The lowest BCUT2D eigenvalue weighted by atomic mass is 10.1. The van der Waals surface area contributed by atoms with Gasteiger partial charge in [-0.2, -0.15) is 0 Å². The summed E-state index contributed by atoms with van der Waals surface area (Å²) in [6.07, 6.45) is 0. The number of amides is 1. The molecular formula is C25H28N2O4S. The van der Waals surface area contributed by atoms with Crippen LogP contribution in [0.5, 0.6) is 5.75 Å². The molecule has 3 aromatic carbocycles. The van der Waals surface area contributed by atoms with Gasteiger partial charge in [-0.15, -0.1) is 0 Å². The smallest absolute Gasteiger partial charge is 0.264 e. The summed E-state index contributed by atoms with van der Waals surface area (Å²) in [5, 5.41) is 2.90. The number of carbonyl (C=O) groups excluding carboxylic acids is 1. The number of para-hydroxylation sites is 2. The van der Waals surface area contributed by atoms with E-state index in [-0.39, 0.29) is 17.5 Å². The number of nitrogens with zero attached hydrogens (tertiary/aromatic N) is 1. The summed E-state index contributed by atoms with van der Waals surface area (Å²) in [6.45, 7) is 5.36. The molecule has 0 unspecified atom stereocenters. The first-order chi connectivity index (χ1) is 15.2. The first-order valence-corrected chi connectivity index (χ1v) is 11.7. The largest absolute Gasteiger partial charge is 0.495 e. The maximum Gasteiger partial charge on any atom is 0.264 e. The molecule has 168 valence electrons. The number of hydrogen-bond donors (Lipinski definition) is 1. The van der Waals surface area contributed by atoms with Crippen LogP contribution in [0.15, 0.2) is 77.7 Å². The highest BCUT2D eigenvalue weighted by molar-refractivity contribution is 7.92. The van der Waals surface area contributed by atoms with Crippen molar-refractivity contribution in [3.8, 4) is 5.75 Å². The number of carbonyl (C=O) groups is 1. The monoisotopic (exact) mass is 452 g/mol. The number of anilines is 1. The van der Waals surface area contributed by atoms with Gasteiger partial charge in [0.05, 0.1) is 23.7 Å². The number of hydrogen-bond acceptors (Lipinski definition) is 4. The van der Waals surface area contributed by atoms with Gasteiger partial charge in [0.2, 0.25) is 5.91 Å². The van der Waals surface area contributed by atoms with E-state index in [9.17, 15) is 13.2 Å². The highest BCUT2D eigenvalue weighted by Gasteiger charge is 2.29. The lowest BCUT2D eigenvalue weighted by Gasteiger charge is -2.26. The average Bonchev–Trinajstić information content (AvgIpc) is 2.78. The van der Waals surface area contributed by atoms with Crippen molar-refractivity contribution in [3.05, 3.63) is 89.5 Å². The number of ether oxygens (including phenoxy) is 1. The van der Waals surface area contributed by atoms with E-state index in [1.165, 1.54) is 7.11 Å². The highest BCUT2D eigenvalue weighted by atomic mass is 32.2. The molecule has 3 aromatic rings. The third-order valence-electron chi connectivity index (χ3n) is 5.20. The minimum Gasteiger partial charge on any atom is -0.495 e. The number of nitrogens with one attached hydrogen (secondary N) is 1. The van der Waals surface area contributed by atoms with Crippen LogP contribution >= 0.6 is 0 Å². The standard InChI is InChI=1S/C25H28N2O4S/c1-18-9-13-21(14-10-18)20(3)26-25(28)17-27(23-7-5-6-8-24(23)31-4)32(29,30)22-15-11-19(2)12-16-22/h5-16,20H,17H2,1-4H3,(H,26,28)/t20-/m1/s1. The van der Waals surface area contributed by atoms with E-state index in [4.69, 9.17) is 4.74 Å². The van der Waals surface area contributed by atoms with Crippen LogP contribution in [-0.4, -0.2) is 28.0 Å². The predicted octanol–water partition coefficient (Wildman–Crippen LogP) is 4.38. The van der Waals surface area contributed by atoms with Gasteiger partial charge in [-0.25, -0.2) is 8.42 Å². The van der Waals surface area contributed by atoms with Crippen LogP contribution in [0, 0.1) is 13.8 Å². The van der Waals surface area contributed by atoms with Gasteiger partial charge in [-0.1, -0.05) is 59.7 Å². The fourth-order valence-electron chi connectivity index (χ4n) is 3.33. The molecule has 1 N–H and O–H groups in total. The van der Waals surface area contributed by atoms with Crippen LogP contribution < -0.4 is 14.4 Å². The maximum absolute atomic E-state index is 13.5. The zero-order chi connectivity index (χ0) is 23.3. The SMILES string of the molecule is COc1ccccc1N(CC(=O)N[C@H](C)c1ccc(C)cc1)S(=O)(=O)c1ccc(C)cc1. The Hall–Kier alpha value is -3.32. The molecule has 1 amide bonds. The summed E-state index contributed by atoms with van der Waals surface area (Å²) < 4.78 is 33.5. The summed E-state index contributed by atoms with van der Waals surface area (Å²) in [5.74, 6) is -0.0535. The van der Waals surface area contributed by atoms with Crippen molar-refractivity contribution in [1.29, 1.82) is 0 Å². The Balaban J connectivity index is 1.93. The first kappa shape index (κ1) is 23.3. The Morgan fingerprint density at radius 3 is 2.09 bits per heavy atom. The molecule has 6 nitrogen and oxygen atoms in total. The molecule has 0 spiro atoms.